The molecule has 53 heavy (non-hydrogen) atoms. The van der Waals surface area contributed by atoms with E-state index in [1.54, 1.807) is 0 Å². The van der Waals surface area contributed by atoms with Crippen LogP contribution in [0.3, 0.4) is 0 Å². The fraction of sp³-hybridized carbons (Fsp3) is 0. The Morgan fingerprint density at radius 2 is 0.943 bits per heavy atom. The van der Waals surface area contributed by atoms with Gasteiger partial charge in [0.2, 0.25) is 0 Å². The lowest BCUT2D eigenvalue weighted by molar-refractivity contribution is 0.668. The molecular weight excluding hydrogens is 647 g/mol. The summed E-state index contributed by atoms with van der Waals surface area (Å²) in [6.45, 7) is 0. The van der Waals surface area contributed by atoms with E-state index in [4.69, 9.17) is 8.83 Å². The molecule has 0 aliphatic heterocycles. The molecule has 0 unspecified atom stereocenters. The number of hydrogen-bond donors (Lipinski definition) is 0. The van der Waals surface area contributed by atoms with Crippen LogP contribution in [0.5, 0.6) is 0 Å². The van der Waals surface area contributed by atoms with Crippen molar-refractivity contribution in [3.63, 3.8) is 0 Å². The van der Waals surface area contributed by atoms with Gasteiger partial charge in [0.15, 0.2) is 5.58 Å². The highest BCUT2D eigenvalue weighted by Gasteiger charge is 2.24. The smallest absolute Gasteiger partial charge is 0.159 e. The van der Waals surface area contributed by atoms with Crippen LogP contribution in [0.25, 0.3) is 87.7 Å². The zero-order valence-electron chi connectivity index (χ0n) is 28.7. The van der Waals surface area contributed by atoms with Gasteiger partial charge in [0.1, 0.15) is 16.7 Å². The second-order valence-corrected chi connectivity index (χ2v) is 13.6. The molecule has 2 aromatic heterocycles. The topological polar surface area (TPSA) is 29.5 Å². The average Bonchev–Trinajstić information content (AvgIpc) is 3.80. The third kappa shape index (κ3) is 4.61. The monoisotopic (exact) mass is 677 g/mol. The van der Waals surface area contributed by atoms with Crippen molar-refractivity contribution in [2.24, 2.45) is 0 Å². The molecule has 2 heterocycles. The lowest BCUT2D eigenvalue weighted by Gasteiger charge is -2.27. The van der Waals surface area contributed by atoms with Gasteiger partial charge in [0, 0.05) is 38.6 Å². The van der Waals surface area contributed by atoms with Gasteiger partial charge < -0.3 is 13.7 Å². The van der Waals surface area contributed by atoms with Crippen molar-refractivity contribution < 1.29 is 8.83 Å². The molecule has 0 N–H and O–H groups in total. The third-order valence-electron chi connectivity index (χ3n) is 10.7. The number of hydrogen-bond acceptors (Lipinski definition) is 3. The molecule has 3 heteroatoms. The maximum atomic E-state index is 7.02. The average molecular weight is 678 g/mol. The summed E-state index contributed by atoms with van der Waals surface area (Å²) in [6.07, 6.45) is 0. The van der Waals surface area contributed by atoms with E-state index in [0.717, 1.165) is 77.5 Å². The summed E-state index contributed by atoms with van der Waals surface area (Å²) < 4.78 is 13.5. The number of rotatable bonds is 5. The van der Waals surface area contributed by atoms with Crippen molar-refractivity contribution in [2.45, 2.75) is 0 Å². The predicted octanol–water partition coefficient (Wildman–Crippen LogP) is 14.6. The van der Waals surface area contributed by atoms with E-state index < -0.39 is 0 Å². The van der Waals surface area contributed by atoms with Crippen molar-refractivity contribution in [1.82, 2.24) is 0 Å². The van der Waals surface area contributed by atoms with Crippen LogP contribution in [0.4, 0.5) is 17.1 Å². The van der Waals surface area contributed by atoms with Crippen LogP contribution in [-0.2, 0) is 0 Å². The van der Waals surface area contributed by atoms with Crippen LogP contribution in [0, 0.1) is 0 Å². The molecule has 11 aromatic rings. The van der Waals surface area contributed by atoms with E-state index in [-0.39, 0.29) is 0 Å². The zero-order valence-corrected chi connectivity index (χ0v) is 28.7. The summed E-state index contributed by atoms with van der Waals surface area (Å²) in [4.78, 5) is 2.34. The van der Waals surface area contributed by atoms with Gasteiger partial charge in [-0.1, -0.05) is 152 Å². The van der Waals surface area contributed by atoms with Crippen molar-refractivity contribution >= 4 is 82.5 Å². The maximum absolute atomic E-state index is 7.02. The van der Waals surface area contributed by atoms with Crippen molar-refractivity contribution in [3.05, 3.63) is 188 Å². The molecule has 0 spiro atoms. The lowest BCUT2D eigenvalue weighted by atomic mass is 9.93. The van der Waals surface area contributed by atoms with Gasteiger partial charge in [0.25, 0.3) is 0 Å². The first-order valence-electron chi connectivity index (χ1n) is 18.0. The van der Waals surface area contributed by atoms with Gasteiger partial charge in [-0.15, -0.1) is 0 Å². The largest absolute Gasteiger partial charge is 0.456 e. The Kier molecular flexibility index (Phi) is 6.55. The predicted molar refractivity (Wildman–Crippen MR) is 222 cm³/mol. The molecule has 0 saturated carbocycles. The fourth-order valence-electron chi connectivity index (χ4n) is 8.26. The Hall–Kier alpha value is -7.10. The molecule has 11 rings (SSSR count). The van der Waals surface area contributed by atoms with Gasteiger partial charge >= 0.3 is 0 Å². The molecule has 0 aliphatic carbocycles. The number of anilines is 3. The van der Waals surface area contributed by atoms with Crippen LogP contribution >= 0.6 is 0 Å². The third-order valence-corrected chi connectivity index (χ3v) is 10.7. The Labute approximate surface area is 305 Å². The van der Waals surface area contributed by atoms with Gasteiger partial charge in [0.05, 0.1) is 17.1 Å². The van der Waals surface area contributed by atoms with Gasteiger partial charge in [-0.3, -0.25) is 0 Å². The lowest BCUT2D eigenvalue weighted by Crippen LogP contribution is -2.11. The molecule has 0 amide bonds. The summed E-state index contributed by atoms with van der Waals surface area (Å²) in [7, 11) is 0. The van der Waals surface area contributed by atoms with Crippen molar-refractivity contribution in [3.8, 4) is 22.3 Å². The highest BCUT2D eigenvalue weighted by atomic mass is 16.3. The molecule has 0 bridgehead atoms. The summed E-state index contributed by atoms with van der Waals surface area (Å²) in [6, 6.07) is 66.7. The zero-order chi connectivity index (χ0) is 34.9. The first-order chi connectivity index (χ1) is 26.3. The van der Waals surface area contributed by atoms with E-state index in [1.165, 1.54) is 27.3 Å². The minimum absolute atomic E-state index is 0.831. The van der Waals surface area contributed by atoms with Crippen LogP contribution in [0.2, 0.25) is 0 Å². The summed E-state index contributed by atoms with van der Waals surface area (Å²) in [5.41, 5.74) is 11.0. The molecule has 0 fully saturated rings. The molecule has 0 saturated heterocycles. The number of para-hydroxylation sites is 3. The van der Waals surface area contributed by atoms with E-state index in [9.17, 15) is 0 Å². The summed E-state index contributed by atoms with van der Waals surface area (Å²) in [5, 5.41) is 9.15. The molecule has 0 radical (unpaired) electrons. The van der Waals surface area contributed by atoms with Crippen LogP contribution in [0.1, 0.15) is 0 Å². The van der Waals surface area contributed by atoms with Crippen LogP contribution in [0.15, 0.2) is 197 Å². The summed E-state index contributed by atoms with van der Waals surface area (Å²) >= 11 is 0. The molecule has 3 nitrogen and oxygen atoms in total. The van der Waals surface area contributed by atoms with Gasteiger partial charge in [-0.2, -0.15) is 0 Å². The van der Waals surface area contributed by atoms with Crippen LogP contribution in [-0.4, -0.2) is 0 Å². The Balaban J connectivity index is 1.20. The Morgan fingerprint density at radius 3 is 1.83 bits per heavy atom. The highest BCUT2D eigenvalue weighted by Crippen LogP contribution is 2.48. The highest BCUT2D eigenvalue weighted by molar-refractivity contribution is 6.16. The molecular formula is C50H31NO2. The van der Waals surface area contributed by atoms with Gasteiger partial charge in [-0.05, 0) is 63.2 Å². The molecule has 0 atom stereocenters. The number of furan rings is 2. The first kappa shape index (κ1) is 29.6. The number of benzene rings is 9. The SMILES string of the molecule is c1ccc(-c2cccc3c2oc2c(N(c4ccc5c(c4)oc4ccccc45)c4ccc(-c5cccc6ccccc56)c5ccccc45)cccc23)cc1. The van der Waals surface area contributed by atoms with E-state index >= 15 is 0 Å². The maximum Gasteiger partial charge on any atom is 0.159 e. The number of fused-ring (bicyclic) bond motifs is 8. The van der Waals surface area contributed by atoms with E-state index in [0.29, 0.717) is 0 Å². The minimum atomic E-state index is 0.831. The van der Waals surface area contributed by atoms with Crippen LogP contribution < -0.4 is 4.90 Å². The number of nitrogens with zero attached hydrogens (tertiary/aromatic N) is 1. The second-order valence-electron chi connectivity index (χ2n) is 13.6. The van der Waals surface area contributed by atoms with E-state index in [1.807, 2.05) is 18.2 Å². The molecule has 248 valence electrons. The van der Waals surface area contributed by atoms with Crippen molar-refractivity contribution in [1.29, 1.82) is 0 Å². The summed E-state index contributed by atoms with van der Waals surface area (Å²) in [5.74, 6) is 0. The Bertz CT molecular complexity index is 3180. The van der Waals surface area contributed by atoms with Gasteiger partial charge in [-0.25, -0.2) is 0 Å². The van der Waals surface area contributed by atoms with Crippen molar-refractivity contribution in [2.75, 3.05) is 4.90 Å². The Morgan fingerprint density at radius 1 is 0.321 bits per heavy atom. The first-order valence-corrected chi connectivity index (χ1v) is 18.0. The molecule has 0 aliphatic rings. The molecule has 9 aromatic carbocycles. The normalized spacial score (nSPS) is 11.8. The standard InChI is InChI=1S/C50H31NO2/c1-2-13-33(14-3-1)36-21-11-23-43-44-24-12-25-46(50(44)53-49(36)43)51(34-27-28-42-41-20-8-9-26-47(41)52-48(42)31-34)45-30-29-39(38-18-6-7-19-40(38)45)37-22-10-16-32-15-4-5-17-35(32)37/h1-31H. The minimum Gasteiger partial charge on any atom is -0.456 e. The second kappa shape index (κ2) is 11.7. The fourth-order valence-corrected chi connectivity index (χ4v) is 8.26. The van der Waals surface area contributed by atoms with E-state index in [2.05, 4.69) is 175 Å². The quantitative estimate of drug-likeness (QED) is 0.182.